The van der Waals surface area contributed by atoms with Gasteiger partial charge in [-0.15, -0.1) is 0 Å². The van der Waals surface area contributed by atoms with Gasteiger partial charge < -0.3 is 9.84 Å². The lowest BCUT2D eigenvalue weighted by Crippen LogP contribution is -2.36. The maximum absolute atomic E-state index is 12.7. The fraction of sp³-hybridized carbons (Fsp3) is 0.167. The van der Waals surface area contributed by atoms with Gasteiger partial charge in [0.25, 0.3) is 0 Å². The molecule has 0 saturated heterocycles. The average molecular weight is 387 g/mol. The molecule has 1 aliphatic rings. The van der Waals surface area contributed by atoms with Crippen LogP contribution in [0.15, 0.2) is 78.9 Å². The first-order valence-electron chi connectivity index (χ1n) is 9.43. The van der Waals surface area contributed by atoms with E-state index in [-0.39, 0.29) is 12.5 Å². The molecule has 3 aromatic rings. The highest BCUT2D eigenvalue weighted by Gasteiger charge is 2.32. The van der Waals surface area contributed by atoms with E-state index in [1.807, 2.05) is 36.4 Å². The summed E-state index contributed by atoms with van der Waals surface area (Å²) < 4.78 is 5.58. The number of fused-ring (bicyclic) bond motifs is 3. The van der Waals surface area contributed by atoms with Crippen LogP contribution in [0.3, 0.4) is 0 Å². The van der Waals surface area contributed by atoms with Gasteiger partial charge in [0.2, 0.25) is 0 Å². The van der Waals surface area contributed by atoms with Gasteiger partial charge in [-0.25, -0.2) is 9.59 Å². The van der Waals surface area contributed by atoms with E-state index in [0.29, 0.717) is 5.56 Å². The minimum Gasteiger partial charge on any atom is -0.479 e. The third-order valence-electron chi connectivity index (χ3n) is 5.36. The Labute approximate surface area is 169 Å². The zero-order valence-corrected chi connectivity index (χ0v) is 16.0. The lowest BCUT2D eigenvalue weighted by atomic mass is 9.98. The Hall–Kier alpha value is -3.60. The van der Waals surface area contributed by atoms with Crippen LogP contribution in [0.2, 0.25) is 0 Å². The second kappa shape index (κ2) is 7.80. The summed E-state index contributed by atoms with van der Waals surface area (Å²) in [6, 6.07) is 23.7. The van der Waals surface area contributed by atoms with E-state index >= 15 is 0 Å². The molecule has 0 radical (unpaired) electrons. The Morgan fingerprint density at radius 2 is 1.41 bits per heavy atom. The van der Waals surface area contributed by atoms with Crippen LogP contribution in [-0.4, -0.2) is 35.7 Å². The number of carbonyl (C=O) groups excluding carboxylic acids is 1. The maximum Gasteiger partial charge on any atom is 0.410 e. The van der Waals surface area contributed by atoms with Crippen LogP contribution in [0.4, 0.5) is 4.79 Å². The van der Waals surface area contributed by atoms with Gasteiger partial charge in [0.15, 0.2) is 6.04 Å². The van der Waals surface area contributed by atoms with Gasteiger partial charge in [-0.3, -0.25) is 4.90 Å². The third kappa shape index (κ3) is 3.47. The number of carbonyl (C=O) groups is 2. The SMILES string of the molecule is CN(C(=O)OCC1c2ccccc2-c2ccccc21)C(C(=O)O)c1ccccc1. The fourth-order valence-corrected chi connectivity index (χ4v) is 3.97. The number of carboxylic acid groups (broad SMARTS) is 1. The highest BCUT2D eigenvalue weighted by atomic mass is 16.6. The molecule has 0 aliphatic heterocycles. The maximum atomic E-state index is 12.7. The van der Waals surface area contributed by atoms with Crippen LogP contribution in [0.5, 0.6) is 0 Å². The van der Waals surface area contributed by atoms with Crippen molar-refractivity contribution in [3.05, 3.63) is 95.6 Å². The average Bonchev–Trinajstić information content (AvgIpc) is 3.06. The second-order valence-electron chi connectivity index (χ2n) is 7.07. The van der Waals surface area contributed by atoms with Crippen molar-refractivity contribution in [2.45, 2.75) is 12.0 Å². The summed E-state index contributed by atoms with van der Waals surface area (Å²) in [5.41, 5.74) is 5.04. The molecule has 1 atom stereocenters. The van der Waals surface area contributed by atoms with E-state index in [4.69, 9.17) is 4.74 Å². The molecule has 0 fully saturated rings. The van der Waals surface area contributed by atoms with Gasteiger partial charge in [-0.2, -0.15) is 0 Å². The second-order valence-corrected chi connectivity index (χ2v) is 7.07. The van der Waals surface area contributed by atoms with Gasteiger partial charge in [0.1, 0.15) is 6.61 Å². The highest BCUT2D eigenvalue weighted by molar-refractivity contribution is 5.82. The highest BCUT2D eigenvalue weighted by Crippen LogP contribution is 2.44. The molecule has 29 heavy (non-hydrogen) atoms. The summed E-state index contributed by atoms with van der Waals surface area (Å²) in [5.74, 6) is -1.17. The van der Waals surface area contributed by atoms with E-state index < -0.39 is 18.1 Å². The first-order chi connectivity index (χ1) is 14.1. The van der Waals surface area contributed by atoms with Crippen LogP contribution in [-0.2, 0) is 9.53 Å². The van der Waals surface area contributed by atoms with Crippen molar-refractivity contribution in [3.63, 3.8) is 0 Å². The number of rotatable bonds is 5. The van der Waals surface area contributed by atoms with Crippen LogP contribution in [0, 0.1) is 0 Å². The van der Waals surface area contributed by atoms with Crippen molar-refractivity contribution < 1.29 is 19.4 Å². The Bertz CT molecular complexity index is 1000. The van der Waals surface area contributed by atoms with Crippen molar-refractivity contribution in [1.29, 1.82) is 0 Å². The largest absolute Gasteiger partial charge is 0.479 e. The van der Waals surface area contributed by atoms with Gasteiger partial charge in [-0.1, -0.05) is 78.9 Å². The molecule has 1 amide bonds. The normalized spacial score (nSPS) is 13.3. The topological polar surface area (TPSA) is 66.8 Å². The smallest absolute Gasteiger partial charge is 0.410 e. The number of hydrogen-bond acceptors (Lipinski definition) is 3. The number of likely N-dealkylation sites (N-methyl/N-ethyl adjacent to an activating group) is 1. The fourth-order valence-electron chi connectivity index (χ4n) is 3.97. The molecule has 3 aromatic carbocycles. The Morgan fingerprint density at radius 1 is 0.897 bits per heavy atom. The zero-order chi connectivity index (χ0) is 20.4. The molecule has 0 bridgehead atoms. The number of ether oxygens (including phenoxy) is 1. The molecule has 146 valence electrons. The summed E-state index contributed by atoms with van der Waals surface area (Å²) in [6.45, 7) is 0.151. The standard InChI is InChI=1S/C24H21NO4/c1-25(22(23(26)27)16-9-3-2-4-10-16)24(28)29-15-21-19-13-7-5-11-17(19)18-12-6-8-14-20(18)21/h2-14,21-22H,15H2,1H3,(H,26,27). The summed E-state index contributed by atoms with van der Waals surface area (Å²) in [6.07, 6.45) is -0.664. The molecule has 1 aliphatic carbocycles. The molecule has 0 saturated carbocycles. The summed E-state index contributed by atoms with van der Waals surface area (Å²) in [5, 5.41) is 9.64. The third-order valence-corrected chi connectivity index (χ3v) is 5.36. The molecule has 0 heterocycles. The lowest BCUT2D eigenvalue weighted by molar-refractivity contribution is -0.142. The van der Waals surface area contributed by atoms with Gasteiger partial charge >= 0.3 is 12.1 Å². The van der Waals surface area contributed by atoms with Gasteiger partial charge in [-0.05, 0) is 27.8 Å². The minimum atomic E-state index is -1.10. The minimum absolute atomic E-state index is 0.0697. The van der Waals surface area contributed by atoms with Crippen molar-refractivity contribution in [2.24, 2.45) is 0 Å². The molecule has 4 rings (SSSR count). The Balaban J connectivity index is 1.53. The molecule has 0 spiro atoms. The predicted octanol–water partition coefficient (Wildman–Crippen LogP) is 4.69. The molecular formula is C24H21NO4. The first-order valence-corrected chi connectivity index (χ1v) is 9.43. The molecule has 5 heteroatoms. The molecule has 5 nitrogen and oxygen atoms in total. The molecule has 0 aromatic heterocycles. The number of benzene rings is 3. The van der Waals surface area contributed by atoms with E-state index in [0.717, 1.165) is 27.2 Å². The monoisotopic (exact) mass is 387 g/mol. The summed E-state index contributed by atoms with van der Waals surface area (Å²) in [7, 11) is 1.45. The Kier molecular flexibility index (Phi) is 5.04. The van der Waals surface area contributed by atoms with Crippen molar-refractivity contribution in [2.75, 3.05) is 13.7 Å². The van der Waals surface area contributed by atoms with Crippen LogP contribution in [0.1, 0.15) is 28.7 Å². The van der Waals surface area contributed by atoms with Crippen molar-refractivity contribution in [3.8, 4) is 11.1 Å². The van der Waals surface area contributed by atoms with E-state index in [9.17, 15) is 14.7 Å². The summed E-state index contributed by atoms with van der Waals surface area (Å²) in [4.78, 5) is 25.6. The molecule has 1 N–H and O–H groups in total. The van der Waals surface area contributed by atoms with E-state index in [1.54, 1.807) is 30.3 Å². The number of nitrogens with zero attached hydrogens (tertiary/aromatic N) is 1. The molecule has 1 unspecified atom stereocenters. The van der Waals surface area contributed by atoms with E-state index in [1.165, 1.54) is 7.05 Å². The van der Waals surface area contributed by atoms with Crippen LogP contribution in [0.25, 0.3) is 11.1 Å². The van der Waals surface area contributed by atoms with Crippen molar-refractivity contribution in [1.82, 2.24) is 4.90 Å². The quantitative estimate of drug-likeness (QED) is 0.689. The van der Waals surface area contributed by atoms with Gasteiger partial charge in [0.05, 0.1) is 0 Å². The summed E-state index contributed by atoms with van der Waals surface area (Å²) >= 11 is 0. The van der Waals surface area contributed by atoms with Gasteiger partial charge in [0, 0.05) is 13.0 Å². The number of aliphatic carboxylic acids is 1. The zero-order valence-electron chi connectivity index (χ0n) is 16.0. The lowest BCUT2D eigenvalue weighted by Gasteiger charge is -2.25. The first kappa shape index (κ1) is 18.7. The van der Waals surface area contributed by atoms with Crippen molar-refractivity contribution >= 4 is 12.1 Å². The van der Waals surface area contributed by atoms with E-state index in [2.05, 4.69) is 12.1 Å². The molecular weight excluding hydrogens is 366 g/mol. The predicted molar refractivity (Wildman–Crippen MR) is 110 cm³/mol. The van der Waals surface area contributed by atoms with Crippen LogP contribution < -0.4 is 0 Å². The Morgan fingerprint density at radius 3 is 1.97 bits per heavy atom. The number of hydrogen-bond donors (Lipinski definition) is 1. The van der Waals surface area contributed by atoms with Crippen LogP contribution >= 0.6 is 0 Å². The number of amides is 1. The number of carboxylic acids is 1.